The van der Waals surface area contributed by atoms with Crippen molar-refractivity contribution in [1.82, 2.24) is 9.96 Å². The average molecular weight is 375 g/mol. The molecule has 1 saturated carbocycles. The number of rotatable bonds is 7. The van der Waals surface area contributed by atoms with Crippen LogP contribution >= 0.6 is 0 Å². The van der Waals surface area contributed by atoms with Gasteiger partial charge in [-0.05, 0) is 24.8 Å². The van der Waals surface area contributed by atoms with Crippen LogP contribution in [0.4, 0.5) is 4.79 Å². The number of carbonyl (C=O) groups excluding carboxylic acids is 3. The van der Waals surface area contributed by atoms with Gasteiger partial charge in [0.2, 0.25) is 6.29 Å². The molecule has 0 heterocycles. The lowest BCUT2D eigenvalue weighted by Crippen LogP contribution is -2.48. The van der Waals surface area contributed by atoms with Gasteiger partial charge in [-0.1, -0.05) is 49.6 Å². The molecule has 7 nitrogen and oxygen atoms in total. The Bertz CT molecular complexity index is 641. The van der Waals surface area contributed by atoms with E-state index in [4.69, 9.17) is 4.74 Å². The first-order valence-electron chi connectivity index (χ1n) is 9.18. The predicted octanol–water partition coefficient (Wildman–Crippen LogP) is 2.92. The van der Waals surface area contributed by atoms with Gasteiger partial charge in [0, 0.05) is 14.1 Å². The first kappa shape index (κ1) is 20.9. The maximum atomic E-state index is 12.6. The first-order valence-corrected chi connectivity index (χ1v) is 9.18. The van der Waals surface area contributed by atoms with E-state index in [2.05, 4.69) is 0 Å². The molecule has 0 aromatic heterocycles. The maximum absolute atomic E-state index is 12.6. The summed E-state index contributed by atoms with van der Waals surface area (Å²) in [7, 11) is 2.75. The van der Waals surface area contributed by atoms with Gasteiger partial charge in [0.15, 0.2) is 0 Å². The summed E-state index contributed by atoms with van der Waals surface area (Å²) in [5, 5.41) is 10.2. The summed E-state index contributed by atoms with van der Waals surface area (Å²) in [5.74, 6) is -0.423. The molecule has 0 unspecified atom stereocenters. The van der Waals surface area contributed by atoms with Crippen LogP contribution in [0.25, 0.3) is 0 Å². The predicted molar refractivity (Wildman–Crippen MR) is 98.6 cm³/mol. The summed E-state index contributed by atoms with van der Waals surface area (Å²) in [6.07, 6.45) is 5.17. The SMILES string of the molecule is CN(O)C(=O)C1(C[C@@H]([C]=O)N(C)C(=O)OCc2ccccc2)CCCCC1. The molecular formula is C20H27N2O5. The Hall–Kier alpha value is -2.41. The van der Waals surface area contributed by atoms with Gasteiger partial charge in [0.25, 0.3) is 5.91 Å². The minimum atomic E-state index is -0.921. The first-order chi connectivity index (χ1) is 12.9. The molecular weight excluding hydrogens is 348 g/mol. The van der Waals surface area contributed by atoms with E-state index in [0.29, 0.717) is 17.9 Å². The number of hydrogen-bond donors (Lipinski definition) is 1. The topological polar surface area (TPSA) is 87.2 Å². The summed E-state index contributed by atoms with van der Waals surface area (Å²) in [4.78, 5) is 37.7. The van der Waals surface area contributed by atoms with Crippen molar-refractivity contribution < 1.29 is 24.3 Å². The Labute approximate surface area is 159 Å². The van der Waals surface area contributed by atoms with Gasteiger partial charge in [-0.3, -0.25) is 14.8 Å². The summed E-state index contributed by atoms with van der Waals surface area (Å²) >= 11 is 0. The molecule has 0 saturated heterocycles. The highest BCUT2D eigenvalue weighted by Gasteiger charge is 2.44. The second-order valence-electron chi connectivity index (χ2n) is 7.16. The summed E-state index contributed by atoms with van der Waals surface area (Å²) < 4.78 is 5.27. The molecule has 7 heteroatoms. The molecule has 147 valence electrons. The zero-order valence-corrected chi connectivity index (χ0v) is 15.9. The lowest BCUT2D eigenvalue weighted by molar-refractivity contribution is -0.174. The zero-order chi connectivity index (χ0) is 19.9. The lowest BCUT2D eigenvalue weighted by Gasteiger charge is -2.39. The number of ether oxygens (including phenoxy) is 1. The molecule has 1 aromatic carbocycles. The Morgan fingerprint density at radius 2 is 1.81 bits per heavy atom. The van der Waals surface area contributed by atoms with Crippen LogP contribution in [0.1, 0.15) is 44.1 Å². The molecule has 1 radical (unpaired) electrons. The zero-order valence-electron chi connectivity index (χ0n) is 15.9. The van der Waals surface area contributed by atoms with Crippen molar-refractivity contribution in [3.05, 3.63) is 35.9 Å². The molecule has 1 fully saturated rings. The fourth-order valence-electron chi connectivity index (χ4n) is 3.65. The average Bonchev–Trinajstić information content (AvgIpc) is 2.70. The van der Waals surface area contributed by atoms with E-state index in [9.17, 15) is 19.6 Å². The number of amides is 2. The highest BCUT2D eigenvalue weighted by molar-refractivity contribution is 5.83. The van der Waals surface area contributed by atoms with Gasteiger partial charge in [-0.15, -0.1) is 0 Å². The molecule has 1 aliphatic rings. The summed E-state index contributed by atoms with van der Waals surface area (Å²) in [6, 6.07) is 8.31. The molecule has 1 atom stereocenters. The molecule has 2 rings (SSSR count). The van der Waals surface area contributed by atoms with Crippen molar-refractivity contribution >= 4 is 18.3 Å². The number of carbonyl (C=O) groups is 2. The summed E-state index contributed by atoms with van der Waals surface area (Å²) in [6.45, 7) is 0.0963. The third-order valence-electron chi connectivity index (χ3n) is 5.24. The number of benzene rings is 1. The van der Waals surface area contributed by atoms with Crippen LogP contribution in [0.15, 0.2) is 30.3 Å². The van der Waals surface area contributed by atoms with E-state index in [1.165, 1.54) is 19.0 Å². The Balaban J connectivity index is 2.05. The molecule has 1 aliphatic carbocycles. The number of hydrogen-bond acceptors (Lipinski definition) is 5. The molecule has 1 N–H and O–H groups in total. The third-order valence-corrected chi connectivity index (χ3v) is 5.24. The highest BCUT2D eigenvalue weighted by atomic mass is 16.6. The number of likely N-dealkylation sites (N-methyl/N-ethyl adjacent to an activating group) is 1. The van der Waals surface area contributed by atoms with E-state index < -0.39 is 23.5 Å². The van der Waals surface area contributed by atoms with Crippen molar-refractivity contribution in [2.24, 2.45) is 5.41 Å². The van der Waals surface area contributed by atoms with Crippen LogP contribution in [0.5, 0.6) is 0 Å². The largest absolute Gasteiger partial charge is 0.445 e. The van der Waals surface area contributed by atoms with Crippen molar-refractivity contribution in [3.8, 4) is 0 Å². The Kier molecular flexibility index (Phi) is 7.36. The van der Waals surface area contributed by atoms with Crippen molar-refractivity contribution in [2.75, 3.05) is 14.1 Å². The quantitative estimate of drug-likeness (QED) is 0.585. The van der Waals surface area contributed by atoms with Crippen molar-refractivity contribution in [3.63, 3.8) is 0 Å². The van der Waals surface area contributed by atoms with Crippen LogP contribution in [0.3, 0.4) is 0 Å². The minimum absolute atomic E-state index is 0.0963. The minimum Gasteiger partial charge on any atom is -0.445 e. The molecule has 2 amide bonds. The van der Waals surface area contributed by atoms with Crippen LogP contribution in [0.2, 0.25) is 0 Å². The van der Waals surface area contributed by atoms with E-state index in [1.807, 2.05) is 36.6 Å². The van der Waals surface area contributed by atoms with E-state index in [-0.39, 0.29) is 13.0 Å². The third kappa shape index (κ3) is 5.29. The van der Waals surface area contributed by atoms with Gasteiger partial charge < -0.3 is 9.64 Å². The maximum Gasteiger partial charge on any atom is 0.410 e. The molecule has 0 bridgehead atoms. The second-order valence-corrected chi connectivity index (χ2v) is 7.16. The fraction of sp³-hybridized carbons (Fsp3) is 0.550. The smallest absolute Gasteiger partial charge is 0.410 e. The van der Waals surface area contributed by atoms with E-state index in [0.717, 1.165) is 24.8 Å². The highest BCUT2D eigenvalue weighted by Crippen LogP contribution is 2.42. The van der Waals surface area contributed by atoms with Crippen LogP contribution in [-0.4, -0.2) is 53.6 Å². The summed E-state index contributed by atoms with van der Waals surface area (Å²) in [5.41, 5.74) is -0.0237. The standard InChI is InChI=1S/C20H27N2O5/c1-21(19(25)27-15-16-9-5-3-6-10-16)17(14-23)13-20(18(24)22(2)26)11-7-4-8-12-20/h3,5-6,9-10,17,26H,4,7-8,11-13,15H2,1-2H3/t17-/m0/s1. The Morgan fingerprint density at radius 1 is 1.19 bits per heavy atom. The molecule has 1 aromatic rings. The lowest BCUT2D eigenvalue weighted by atomic mass is 9.69. The van der Waals surface area contributed by atoms with Crippen LogP contribution in [0, 0.1) is 5.41 Å². The van der Waals surface area contributed by atoms with Gasteiger partial charge in [0.1, 0.15) is 12.6 Å². The fourth-order valence-corrected chi connectivity index (χ4v) is 3.65. The molecule has 0 spiro atoms. The number of nitrogens with zero attached hydrogens (tertiary/aromatic N) is 2. The van der Waals surface area contributed by atoms with E-state index in [1.54, 1.807) is 0 Å². The van der Waals surface area contributed by atoms with Gasteiger partial charge in [-0.25, -0.2) is 9.86 Å². The van der Waals surface area contributed by atoms with Gasteiger partial charge in [-0.2, -0.15) is 0 Å². The second kappa shape index (κ2) is 9.50. The number of hydroxylamine groups is 2. The Morgan fingerprint density at radius 3 is 2.37 bits per heavy atom. The van der Waals surface area contributed by atoms with Crippen molar-refractivity contribution in [1.29, 1.82) is 0 Å². The molecule has 27 heavy (non-hydrogen) atoms. The van der Waals surface area contributed by atoms with Crippen molar-refractivity contribution in [2.45, 2.75) is 51.2 Å². The van der Waals surface area contributed by atoms with Gasteiger partial charge in [0.05, 0.1) is 5.41 Å². The normalized spacial score (nSPS) is 16.9. The van der Waals surface area contributed by atoms with Crippen LogP contribution < -0.4 is 0 Å². The van der Waals surface area contributed by atoms with Gasteiger partial charge >= 0.3 is 6.09 Å². The molecule has 0 aliphatic heterocycles. The monoisotopic (exact) mass is 375 g/mol. The van der Waals surface area contributed by atoms with Crippen LogP contribution in [-0.2, 0) is 20.9 Å². The van der Waals surface area contributed by atoms with E-state index >= 15 is 0 Å².